The van der Waals surface area contributed by atoms with E-state index in [4.69, 9.17) is 11.6 Å². The van der Waals surface area contributed by atoms with Crippen LogP contribution in [0.1, 0.15) is 22.1 Å². The number of benzene rings is 2. The van der Waals surface area contributed by atoms with Gasteiger partial charge in [0.25, 0.3) is 0 Å². The zero-order chi connectivity index (χ0) is 15.1. The Hall–Kier alpha value is -2.07. The van der Waals surface area contributed by atoms with E-state index >= 15 is 0 Å². The second kappa shape index (κ2) is 5.04. The van der Waals surface area contributed by atoms with E-state index in [-0.39, 0.29) is 11.7 Å². The molecule has 0 aliphatic heterocycles. The molecule has 21 heavy (non-hydrogen) atoms. The fraction of sp³-hybridized carbons (Fsp3) is 0.125. The minimum Gasteiger partial charge on any atom is -0.293 e. The number of halogens is 1. The fourth-order valence-electron chi connectivity index (χ4n) is 2.69. The van der Waals surface area contributed by atoms with Crippen LogP contribution in [0, 0.1) is 0 Å². The normalized spacial score (nSPS) is 12.7. The maximum atomic E-state index is 12.1. The Morgan fingerprint density at radius 1 is 1.10 bits per heavy atom. The molecule has 1 atom stereocenters. The molecule has 0 saturated carbocycles. The van der Waals surface area contributed by atoms with E-state index < -0.39 is 5.28 Å². The van der Waals surface area contributed by atoms with Gasteiger partial charge in [0, 0.05) is 23.3 Å². The summed E-state index contributed by atoms with van der Waals surface area (Å²) in [5, 5.41) is 1.37. The number of rotatable bonds is 2. The molecule has 0 fully saturated rings. The molecule has 0 aliphatic rings. The van der Waals surface area contributed by atoms with Crippen LogP contribution in [0.25, 0.3) is 21.8 Å². The summed E-state index contributed by atoms with van der Waals surface area (Å²) >= 11 is 5.87. The van der Waals surface area contributed by atoms with Crippen molar-refractivity contribution in [3.05, 3.63) is 48.0 Å². The number of hydrogen-bond donors (Lipinski definition) is 0. The number of carbonyl (C=O) groups is 2. The van der Waals surface area contributed by atoms with E-state index in [0.717, 1.165) is 21.8 Å². The fourth-order valence-corrected chi connectivity index (χ4v) is 2.82. The molecule has 0 bridgehead atoms. The maximum Gasteiger partial charge on any atom is 0.228 e. The van der Waals surface area contributed by atoms with E-state index in [1.807, 2.05) is 30.3 Å². The van der Waals surface area contributed by atoms with Crippen molar-refractivity contribution in [3.63, 3.8) is 0 Å². The molecule has 3 nitrogen and oxygen atoms in total. The molecule has 104 valence electrons. The summed E-state index contributed by atoms with van der Waals surface area (Å²) in [5.41, 5.74) is 2.12. The number of nitrogens with zero attached hydrogens (tertiary/aromatic N) is 1. The average Bonchev–Trinajstić information content (AvgIpc) is 2.79. The van der Waals surface area contributed by atoms with Gasteiger partial charge in [0.1, 0.15) is 7.85 Å². The zero-order valence-corrected chi connectivity index (χ0v) is 12.5. The van der Waals surface area contributed by atoms with Crippen LogP contribution in [0.5, 0.6) is 0 Å². The summed E-state index contributed by atoms with van der Waals surface area (Å²) in [6, 6.07) is 13.1. The van der Waals surface area contributed by atoms with Crippen LogP contribution in [-0.2, 0) is 0 Å². The third-order valence-corrected chi connectivity index (χ3v) is 3.83. The van der Waals surface area contributed by atoms with Crippen LogP contribution >= 0.6 is 11.6 Å². The predicted molar refractivity (Wildman–Crippen MR) is 88.3 cm³/mol. The van der Waals surface area contributed by atoms with Crippen molar-refractivity contribution < 1.29 is 9.59 Å². The van der Waals surface area contributed by atoms with Gasteiger partial charge in [-0.1, -0.05) is 30.3 Å². The van der Waals surface area contributed by atoms with E-state index in [2.05, 4.69) is 0 Å². The molecule has 2 aromatic carbocycles. The Bertz CT molecular complexity index is 882. The molecule has 0 saturated heterocycles. The van der Waals surface area contributed by atoms with Gasteiger partial charge in [-0.3, -0.25) is 14.2 Å². The van der Waals surface area contributed by atoms with E-state index in [0.29, 0.717) is 5.56 Å². The van der Waals surface area contributed by atoms with Crippen molar-refractivity contribution in [2.45, 2.75) is 12.2 Å². The molecule has 0 spiro atoms. The van der Waals surface area contributed by atoms with Crippen LogP contribution in [0.2, 0.25) is 0 Å². The first-order valence-electron chi connectivity index (χ1n) is 6.73. The lowest BCUT2D eigenvalue weighted by Crippen LogP contribution is -2.14. The van der Waals surface area contributed by atoms with E-state index in [1.165, 1.54) is 6.92 Å². The molecule has 1 unspecified atom stereocenters. The van der Waals surface area contributed by atoms with E-state index in [9.17, 15) is 9.59 Å². The summed E-state index contributed by atoms with van der Waals surface area (Å²) < 4.78 is 1.64. The number of fused-ring (bicyclic) bond motifs is 3. The molecule has 3 aromatic rings. The number of para-hydroxylation sites is 1. The van der Waals surface area contributed by atoms with Gasteiger partial charge in [-0.15, -0.1) is 11.6 Å². The molecule has 0 radical (unpaired) electrons. The lowest BCUT2D eigenvalue weighted by Gasteiger charge is -2.05. The monoisotopic (exact) mass is 297 g/mol. The van der Waals surface area contributed by atoms with Gasteiger partial charge in [0.15, 0.2) is 5.78 Å². The minimum absolute atomic E-state index is 0.0790. The Morgan fingerprint density at radius 2 is 1.76 bits per heavy atom. The Balaban J connectivity index is 2.39. The summed E-state index contributed by atoms with van der Waals surface area (Å²) in [4.78, 5) is 24.1. The molecule has 5 heteroatoms. The largest absolute Gasteiger partial charge is 0.293 e. The van der Waals surface area contributed by atoms with Gasteiger partial charge >= 0.3 is 0 Å². The summed E-state index contributed by atoms with van der Waals surface area (Å²) in [7, 11) is 1.65. The first-order chi connectivity index (χ1) is 10.0. The highest BCUT2D eigenvalue weighted by atomic mass is 35.5. The third-order valence-electron chi connectivity index (χ3n) is 3.63. The Morgan fingerprint density at radius 3 is 2.43 bits per heavy atom. The van der Waals surface area contributed by atoms with Crippen LogP contribution in [-0.4, -0.2) is 29.4 Å². The third kappa shape index (κ3) is 2.16. The lowest BCUT2D eigenvalue weighted by atomic mass is 9.94. The first-order valence-corrected chi connectivity index (χ1v) is 7.17. The number of ketones is 1. The Labute approximate surface area is 127 Å². The van der Waals surface area contributed by atoms with E-state index in [1.54, 1.807) is 24.5 Å². The van der Waals surface area contributed by atoms with Crippen molar-refractivity contribution in [2.24, 2.45) is 0 Å². The van der Waals surface area contributed by atoms with Crippen molar-refractivity contribution in [3.8, 4) is 0 Å². The molecule has 0 amide bonds. The molecular weight excluding hydrogens is 284 g/mol. The van der Waals surface area contributed by atoms with Crippen molar-refractivity contribution in [1.29, 1.82) is 0 Å². The summed E-state index contributed by atoms with van der Waals surface area (Å²) in [6.45, 7) is 1.52. The number of hydrogen-bond acceptors (Lipinski definition) is 2. The van der Waals surface area contributed by atoms with Crippen LogP contribution in [0.4, 0.5) is 0 Å². The number of alkyl halides is 1. The zero-order valence-electron chi connectivity index (χ0n) is 11.8. The van der Waals surface area contributed by atoms with Crippen LogP contribution in [0.3, 0.4) is 0 Å². The average molecular weight is 298 g/mol. The highest BCUT2D eigenvalue weighted by Gasteiger charge is 2.17. The van der Waals surface area contributed by atoms with Gasteiger partial charge in [0.2, 0.25) is 5.91 Å². The molecule has 0 N–H and O–H groups in total. The predicted octanol–water partition coefficient (Wildman–Crippen LogP) is 2.84. The lowest BCUT2D eigenvalue weighted by molar-refractivity contribution is 0.0944. The summed E-state index contributed by atoms with van der Waals surface area (Å²) in [6.07, 6.45) is 0. The standard InChI is InChI=1S/C16H13BClNO2/c1-9(20)19-13-5-3-2-4-11(13)12-7-6-10(8-14(12)19)15(21)16(17)18/h2-8,16H,17H2,1H3. The van der Waals surface area contributed by atoms with Crippen molar-refractivity contribution in [2.75, 3.05) is 0 Å². The molecule has 1 aromatic heterocycles. The van der Waals surface area contributed by atoms with Crippen molar-refractivity contribution >= 4 is 52.9 Å². The number of carbonyl (C=O) groups excluding carboxylic acids is 2. The molecular formula is C16H13BClNO2. The molecule has 3 rings (SSSR count). The smallest absolute Gasteiger partial charge is 0.228 e. The summed E-state index contributed by atoms with van der Waals surface area (Å²) in [5.74, 6) is -0.219. The number of aromatic nitrogens is 1. The molecule has 0 aliphatic carbocycles. The second-order valence-corrected chi connectivity index (χ2v) is 5.74. The van der Waals surface area contributed by atoms with Gasteiger partial charge < -0.3 is 0 Å². The topological polar surface area (TPSA) is 39.1 Å². The SMILES string of the molecule is BC(Cl)C(=O)c1ccc2c3ccccc3n(C(C)=O)c2c1. The van der Waals surface area contributed by atoms with Crippen molar-refractivity contribution in [1.82, 2.24) is 4.57 Å². The van der Waals surface area contributed by atoms with Gasteiger partial charge in [-0.05, 0) is 12.1 Å². The highest BCUT2D eigenvalue weighted by Crippen LogP contribution is 2.29. The quantitative estimate of drug-likeness (QED) is 0.414. The highest BCUT2D eigenvalue weighted by molar-refractivity contribution is 6.52. The van der Waals surface area contributed by atoms with Gasteiger partial charge in [-0.25, -0.2) is 0 Å². The van der Waals surface area contributed by atoms with Gasteiger partial charge in [-0.2, -0.15) is 0 Å². The first kappa shape index (κ1) is 13.9. The maximum absolute atomic E-state index is 12.1. The Kier molecular flexibility index (Phi) is 3.34. The molecule has 1 heterocycles. The minimum atomic E-state index is -0.586. The van der Waals surface area contributed by atoms with Crippen LogP contribution < -0.4 is 0 Å². The van der Waals surface area contributed by atoms with Crippen LogP contribution in [0.15, 0.2) is 42.5 Å². The van der Waals surface area contributed by atoms with Gasteiger partial charge in [0.05, 0.1) is 16.3 Å². The second-order valence-electron chi connectivity index (χ2n) is 5.08. The number of Topliss-reactive ketones (excluding diaryl/α,β-unsaturated/α-hetero) is 1.